The van der Waals surface area contributed by atoms with E-state index in [2.05, 4.69) is 41.4 Å². The van der Waals surface area contributed by atoms with Crippen molar-refractivity contribution < 1.29 is 0 Å². The van der Waals surface area contributed by atoms with Gasteiger partial charge in [-0.15, -0.1) is 0 Å². The van der Waals surface area contributed by atoms with E-state index in [0.717, 1.165) is 23.2 Å². The van der Waals surface area contributed by atoms with E-state index >= 15 is 0 Å². The maximum atomic E-state index is 5.53. The second-order valence-corrected chi connectivity index (χ2v) is 4.32. The molecule has 0 saturated carbocycles. The predicted molar refractivity (Wildman–Crippen MR) is 74.1 cm³/mol. The summed E-state index contributed by atoms with van der Waals surface area (Å²) >= 11 is 0. The summed E-state index contributed by atoms with van der Waals surface area (Å²) in [6, 6.07) is 8.15. The van der Waals surface area contributed by atoms with Gasteiger partial charge in [0, 0.05) is 16.8 Å². The second kappa shape index (κ2) is 5.14. The summed E-state index contributed by atoms with van der Waals surface area (Å²) in [5, 5.41) is 0. The van der Waals surface area contributed by atoms with Crippen LogP contribution in [-0.2, 0) is 6.42 Å². The first-order valence-corrected chi connectivity index (χ1v) is 6.07. The van der Waals surface area contributed by atoms with Gasteiger partial charge in [-0.05, 0) is 20.3 Å². The van der Waals surface area contributed by atoms with E-state index in [1.807, 2.05) is 19.1 Å². The highest BCUT2D eigenvalue weighted by molar-refractivity contribution is 5.60. The smallest absolute Gasteiger partial charge is 0.161 e. The normalized spacial score (nSPS) is 10.4. The fourth-order valence-electron chi connectivity index (χ4n) is 1.97. The number of rotatable bonds is 3. The molecule has 0 aliphatic rings. The van der Waals surface area contributed by atoms with Crippen molar-refractivity contribution in [2.75, 3.05) is 5.43 Å². The number of nitrogens with zero attached hydrogens (tertiary/aromatic N) is 2. The molecule has 2 rings (SSSR count). The Morgan fingerprint density at radius 1 is 1.11 bits per heavy atom. The molecule has 0 saturated heterocycles. The van der Waals surface area contributed by atoms with Gasteiger partial charge in [0.05, 0.1) is 0 Å². The van der Waals surface area contributed by atoms with Crippen molar-refractivity contribution in [3.63, 3.8) is 0 Å². The van der Waals surface area contributed by atoms with Gasteiger partial charge in [-0.25, -0.2) is 15.8 Å². The minimum Gasteiger partial charge on any atom is -0.308 e. The maximum Gasteiger partial charge on any atom is 0.161 e. The van der Waals surface area contributed by atoms with Crippen molar-refractivity contribution in [3.05, 3.63) is 41.1 Å². The van der Waals surface area contributed by atoms with Crippen LogP contribution in [0.2, 0.25) is 0 Å². The van der Waals surface area contributed by atoms with Crippen LogP contribution in [0, 0.1) is 13.8 Å². The first kappa shape index (κ1) is 12.5. The van der Waals surface area contributed by atoms with E-state index in [9.17, 15) is 0 Å². The molecule has 0 fully saturated rings. The third-order valence-corrected chi connectivity index (χ3v) is 3.01. The van der Waals surface area contributed by atoms with Crippen LogP contribution in [0.1, 0.15) is 23.7 Å². The lowest BCUT2D eigenvalue weighted by atomic mass is 10.1. The molecule has 0 aliphatic heterocycles. The Balaban J connectivity index is 2.52. The molecule has 1 aromatic heterocycles. The first-order chi connectivity index (χ1) is 8.65. The molecule has 18 heavy (non-hydrogen) atoms. The number of hydrogen-bond acceptors (Lipinski definition) is 4. The van der Waals surface area contributed by atoms with Crippen molar-refractivity contribution in [2.24, 2.45) is 5.84 Å². The molecule has 2 aromatic rings. The molecule has 4 heteroatoms. The van der Waals surface area contributed by atoms with Crippen LogP contribution >= 0.6 is 0 Å². The Labute approximate surface area is 107 Å². The monoisotopic (exact) mass is 242 g/mol. The zero-order chi connectivity index (χ0) is 13.1. The molecule has 1 heterocycles. The van der Waals surface area contributed by atoms with Gasteiger partial charge in [0.25, 0.3) is 0 Å². The molecule has 94 valence electrons. The van der Waals surface area contributed by atoms with Gasteiger partial charge in [0.15, 0.2) is 5.82 Å². The van der Waals surface area contributed by atoms with Crippen molar-refractivity contribution in [1.29, 1.82) is 0 Å². The Kier molecular flexibility index (Phi) is 3.58. The van der Waals surface area contributed by atoms with Crippen molar-refractivity contribution in [2.45, 2.75) is 27.2 Å². The average molecular weight is 242 g/mol. The summed E-state index contributed by atoms with van der Waals surface area (Å²) in [7, 11) is 0. The van der Waals surface area contributed by atoms with Crippen molar-refractivity contribution in [1.82, 2.24) is 9.97 Å². The highest BCUT2D eigenvalue weighted by Crippen LogP contribution is 2.22. The lowest BCUT2D eigenvalue weighted by Crippen LogP contribution is -2.13. The van der Waals surface area contributed by atoms with Gasteiger partial charge < -0.3 is 5.43 Å². The third kappa shape index (κ3) is 2.33. The van der Waals surface area contributed by atoms with E-state index in [1.165, 1.54) is 5.56 Å². The van der Waals surface area contributed by atoms with Gasteiger partial charge in [-0.3, -0.25) is 0 Å². The van der Waals surface area contributed by atoms with Crippen LogP contribution in [0.3, 0.4) is 0 Å². The van der Waals surface area contributed by atoms with Crippen molar-refractivity contribution in [3.8, 4) is 11.4 Å². The predicted octanol–water partition coefficient (Wildman–Crippen LogP) is 2.61. The molecule has 0 atom stereocenters. The summed E-state index contributed by atoms with van der Waals surface area (Å²) in [6.45, 7) is 6.11. The van der Waals surface area contributed by atoms with Gasteiger partial charge in [-0.1, -0.05) is 36.8 Å². The molecule has 3 N–H and O–H groups in total. The van der Waals surface area contributed by atoms with Crippen LogP contribution in [0.25, 0.3) is 11.4 Å². The number of aromatic nitrogens is 2. The number of nitrogens with two attached hydrogens (primary N) is 1. The van der Waals surface area contributed by atoms with E-state index in [4.69, 9.17) is 5.84 Å². The largest absolute Gasteiger partial charge is 0.308 e. The maximum absolute atomic E-state index is 5.53. The Morgan fingerprint density at radius 2 is 1.78 bits per heavy atom. The molecule has 1 aromatic carbocycles. The minimum absolute atomic E-state index is 0.706. The highest BCUT2D eigenvalue weighted by atomic mass is 15.3. The van der Waals surface area contributed by atoms with Crippen LogP contribution in [0.4, 0.5) is 5.82 Å². The summed E-state index contributed by atoms with van der Waals surface area (Å²) in [6.07, 6.45) is 0.861. The molecule has 0 aliphatic carbocycles. The molecule has 0 spiro atoms. The average Bonchev–Trinajstić information content (AvgIpc) is 2.38. The fourth-order valence-corrected chi connectivity index (χ4v) is 1.97. The van der Waals surface area contributed by atoms with Gasteiger partial charge in [0.2, 0.25) is 0 Å². The summed E-state index contributed by atoms with van der Waals surface area (Å²) in [5.74, 6) is 6.94. The lowest BCUT2D eigenvalue weighted by Gasteiger charge is -2.11. The SMILES string of the molecule is CCc1c(C)nc(-c2ccc(C)cc2)nc1NN. The summed E-state index contributed by atoms with van der Waals surface area (Å²) in [5.41, 5.74) is 6.91. The van der Waals surface area contributed by atoms with E-state index in [0.29, 0.717) is 11.6 Å². The van der Waals surface area contributed by atoms with Gasteiger partial charge >= 0.3 is 0 Å². The number of aryl methyl sites for hydroxylation is 2. The second-order valence-electron chi connectivity index (χ2n) is 4.32. The summed E-state index contributed by atoms with van der Waals surface area (Å²) < 4.78 is 0. The number of hydrazine groups is 1. The number of nitrogen functional groups attached to an aromatic ring is 1. The standard InChI is InChI=1S/C14H18N4/c1-4-12-10(3)16-13(17-14(12)18-15)11-7-5-9(2)6-8-11/h5-8H,4,15H2,1-3H3,(H,16,17,18). The molecule has 0 bridgehead atoms. The molecular formula is C14H18N4. The van der Waals surface area contributed by atoms with Crippen LogP contribution in [0.15, 0.2) is 24.3 Å². The molecule has 0 radical (unpaired) electrons. The Morgan fingerprint density at radius 3 is 2.33 bits per heavy atom. The zero-order valence-electron chi connectivity index (χ0n) is 11.0. The molecule has 0 unspecified atom stereocenters. The van der Waals surface area contributed by atoms with E-state index in [1.54, 1.807) is 0 Å². The Hall–Kier alpha value is -1.94. The van der Waals surface area contributed by atoms with Gasteiger partial charge in [0.1, 0.15) is 5.82 Å². The Bertz CT molecular complexity index is 546. The number of nitrogens with one attached hydrogen (secondary N) is 1. The minimum atomic E-state index is 0.706. The van der Waals surface area contributed by atoms with Crippen LogP contribution in [0.5, 0.6) is 0 Å². The van der Waals surface area contributed by atoms with E-state index < -0.39 is 0 Å². The fraction of sp³-hybridized carbons (Fsp3) is 0.286. The molecule has 0 amide bonds. The van der Waals surface area contributed by atoms with Gasteiger partial charge in [-0.2, -0.15) is 0 Å². The van der Waals surface area contributed by atoms with Crippen LogP contribution in [-0.4, -0.2) is 9.97 Å². The molecular weight excluding hydrogens is 224 g/mol. The number of hydrogen-bond donors (Lipinski definition) is 2. The van der Waals surface area contributed by atoms with E-state index in [-0.39, 0.29) is 0 Å². The lowest BCUT2D eigenvalue weighted by molar-refractivity contribution is 0.995. The van der Waals surface area contributed by atoms with Crippen LogP contribution < -0.4 is 11.3 Å². The quantitative estimate of drug-likeness (QED) is 0.641. The topological polar surface area (TPSA) is 63.8 Å². The van der Waals surface area contributed by atoms with Crippen molar-refractivity contribution >= 4 is 5.82 Å². The zero-order valence-corrected chi connectivity index (χ0v) is 11.0. The third-order valence-electron chi connectivity index (χ3n) is 3.01. The summed E-state index contributed by atoms with van der Waals surface area (Å²) in [4.78, 5) is 9.02. The molecule has 4 nitrogen and oxygen atoms in total. The number of anilines is 1. The first-order valence-electron chi connectivity index (χ1n) is 6.07. The highest BCUT2D eigenvalue weighted by Gasteiger charge is 2.10. The number of benzene rings is 1.